The summed E-state index contributed by atoms with van der Waals surface area (Å²) in [6.45, 7) is 3.98. The molecule has 15 heavy (non-hydrogen) atoms. The Morgan fingerprint density at radius 3 is 2.40 bits per heavy atom. The van der Waals surface area contributed by atoms with Gasteiger partial charge in [-0.05, 0) is 26.0 Å². The van der Waals surface area contributed by atoms with Crippen molar-refractivity contribution in [2.75, 3.05) is 0 Å². The predicted octanol–water partition coefficient (Wildman–Crippen LogP) is 2.93. The van der Waals surface area contributed by atoms with Crippen molar-refractivity contribution in [1.29, 1.82) is 0 Å². The fourth-order valence-corrected chi connectivity index (χ4v) is 3.39. The summed E-state index contributed by atoms with van der Waals surface area (Å²) in [6, 6.07) is 7.71. The highest BCUT2D eigenvalue weighted by Crippen LogP contribution is 2.21. The Morgan fingerprint density at radius 2 is 1.87 bits per heavy atom. The van der Waals surface area contributed by atoms with E-state index in [1.165, 1.54) is 16.9 Å². The van der Waals surface area contributed by atoms with Crippen LogP contribution in [-0.4, -0.2) is 9.19 Å². The number of hydrogen-bond donors (Lipinski definition) is 0. The third-order valence-electron chi connectivity index (χ3n) is 1.99. The summed E-state index contributed by atoms with van der Waals surface area (Å²) >= 11 is 1.48. The smallest absolute Gasteiger partial charge is 0.185 e. The summed E-state index contributed by atoms with van der Waals surface area (Å²) in [7, 11) is -1.13. The molecule has 2 rings (SSSR count). The zero-order valence-electron chi connectivity index (χ0n) is 8.56. The normalized spacial score (nSPS) is 12.7. The van der Waals surface area contributed by atoms with Crippen molar-refractivity contribution in [1.82, 2.24) is 4.98 Å². The standard InChI is InChI=1S/C11H11NOS2/c1-8-3-5-10(6-4-8)15(13)11-12-7-9(2)14-11/h3-7H,1-2H3. The summed E-state index contributed by atoms with van der Waals surface area (Å²) in [4.78, 5) is 6.04. The van der Waals surface area contributed by atoms with Gasteiger partial charge < -0.3 is 0 Å². The first-order valence-corrected chi connectivity index (χ1v) is 6.54. The van der Waals surface area contributed by atoms with Gasteiger partial charge in [0.15, 0.2) is 4.34 Å². The van der Waals surface area contributed by atoms with Crippen LogP contribution in [0.15, 0.2) is 39.7 Å². The number of hydrogen-bond acceptors (Lipinski definition) is 3. The van der Waals surface area contributed by atoms with Gasteiger partial charge in [-0.3, -0.25) is 0 Å². The summed E-state index contributed by atoms with van der Waals surface area (Å²) in [6.07, 6.45) is 1.76. The fourth-order valence-electron chi connectivity index (χ4n) is 1.18. The van der Waals surface area contributed by atoms with Crippen LogP contribution in [0.3, 0.4) is 0 Å². The van der Waals surface area contributed by atoms with Crippen molar-refractivity contribution >= 4 is 22.1 Å². The Morgan fingerprint density at radius 1 is 1.20 bits per heavy atom. The van der Waals surface area contributed by atoms with Crippen LogP contribution in [0, 0.1) is 13.8 Å². The van der Waals surface area contributed by atoms with Crippen molar-refractivity contribution in [3.05, 3.63) is 40.9 Å². The van der Waals surface area contributed by atoms with E-state index in [1.807, 2.05) is 38.1 Å². The van der Waals surface area contributed by atoms with Crippen molar-refractivity contribution in [2.24, 2.45) is 0 Å². The predicted molar refractivity (Wildman–Crippen MR) is 62.7 cm³/mol. The third-order valence-corrected chi connectivity index (χ3v) is 4.53. The van der Waals surface area contributed by atoms with E-state index in [-0.39, 0.29) is 0 Å². The molecule has 1 atom stereocenters. The van der Waals surface area contributed by atoms with E-state index in [1.54, 1.807) is 6.20 Å². The average molecular weight is 237 g/mol. The number of rotatable bonds is 2. The minimum atomic E-state index is -1.13. The largest absolute Gasteiger partial charge is 0.247 e. The Balaban J connectivity index is 2.32. The molecule has 78 valence electrons. The number of aromatic nitrogens is 1. The number of benzene rings is 1. The van der Waals surface area contributed by atoms with Gasteiger partial charge in [-0.2, -0.15) is 0 Å². The van der Waals surface area contributed by atoms with Crippen LogP contribution in [0.5, 0.6) is 0 Å². The molecule has 0 N–H and O–H groups in total. The summed E-state index contributed by atoms with van der Waals surface area (Å²) in [5.41, 5.74) is 1.17. The van der Waals surface area contributed by atoms with Gasteiger partial charge in [-0.25, -0.2) is 9.19 Å². The molecular weight excluding hydrogens is 226 g/mol. The lowest BCUT2D eigenvalue weighted by Crippen LogP contribution is -1.91. The molecule has 0 radical (unpaired) electrons. The monoisotopic (exact) mass is 237 g/mol. The van der Waals surface area contributed by atoms with E-state index in [4.69, 9.17) is 0 Å². The summed E-state index contributed by atoms with van der Waals surface area (Å²) < 4.78 is 12.7. The minimum Gasteiger partial charge on any atom is -0.247 e. The molecule has 1 heterocycles. The second-order valence-corrected chi connectivity index (χ2v) is 6.21. The molecule has 1 aromatic carbocycles. The summed E-state index contributed by atoms with van der Waals surface area (Å²) in [5.74, 6) is 0. The molecule has 0 saturated heterocycles. The lowest BCUT2D eigenvalue weighted by atomic mass is 10.2. The van der Waals surface area contributed by atoms with Crippen molar-refractivity contribution < 1.29 is 4.21 Å². The van der Waals surface area contributed by atoms with Crippen LogP contribution in [-0.2, 0) is 10.8 Å². The van der Waals surface area contributed by atoms with Crippen LogP contribution >= 0.6 is 11.3 Å². The molecule has 0 aliphatic rings. The quantitative estimate of drug-likeness (QED) is 0.804. The van der Waals surface area contributed by atoms with E-state index in [2.05, 4.69) is 4.98 Å². The maximum Gasteiger partial charge on any atom is 0.185 e. The fraction of sp³-hybridized carbons (Fsp3) is 0.182. The van der Waals surface area contributed by atoms with Gasteiger partial charge in [0.25, 0.3) is 0 Å². The molecule has 0 fully saturated rings. The summed E-state index contributed by atoms with van der Waals surface area (Å²) in [5, 5.41) is 0. The molecule has 4 heteroatoms. The van der Waals surface area contributed by atoms with Crippen LogP contribution < -0.4 is 0 Å². The topological polar surface area (TPSA) is 30.0 Å². The van der Waals surface area contributed by atoms with Gasteiger partial charge >= 0.3 is 0 Å². The maximum absolute atomic E-state index is 12.0. The second-order valence-electron chi connectivity index (χ2n) is 3.32. The highest BCUT2D eigenvalue weighted by molar-refractivity contribution is 7.87. The molecule has 1 aromatic heterocycles. The molecule has 0 saturated carbocycles. The average Bonchev–Trinajstić information content (AvgIpc) is 2.65. The van der Waals surface area contributed by atoms with Crippen LogP contribution in [0.4, 0.5) is 0 Å². The van der Waals surface area contributed by atoms with E-state index in [0.29, 0.717) is 4.34 Å². The van der Waals surface area contributed by atoms with Gasteiger partial charge in [0, 0.05) is 16.0 Å². The molecular formula is C11H11NOS2. The van der Waals surface area contributed by atoms with Gasteiger partial charge in [-0.15, -0.1) is 11.3 Å². The second kappa shape index (κ2) is 4.24. The lowest BCUT2D eigenvalue weighted by molar-refractivity contribution is 0.682. The number of aryl methyl sites for hydroxylation is 2. The first kappa shape index (κ1) is 10.5. The Bertz CT molecular complexity index is 488. The Kier molecular flexibility index (Phi) is 2.98. The molecule has 1 unspecified atom stereocenters. The first-order chi connectivity index (χ1) is 7.16. The molecule has 0 bridgehead atoms. The Labute approximate surface area is 95.5 Å². The van der Waals surface area contributed by atoms with Crippen LogP contribution in [0.1, 0.15) is 10.4 Å². The SMILES string of the molecule is Cc1ccc(S(=O)c2ncc(C)s2)cc1. The van der Waals surface area contributed by atoms with Crippen molar-refractivity contribution in [3.8, 4) is 0 Å². The van der Waals surface area contributed by atoms with E-state index < -0.39 is 10.8 Å². The zero-order valence-corrected chi connectivity index (χ0v) is 10.2. The van der Waals surface area contributed by atoms with Crippen molar-refractivity contribution in [2.45, 2.75) is 23.1 Å². The Hall–Kier alpha value is -1.00. The highest BCUT2D eigenvalue weighted by atomic mass is 32.2. The van der Waals surface area contributed by atoms with Gasteiger partial charge in [0.05, 0.1) is 0 Å². The lowest BCUT2D eigenvalue weighted by Gasteiger charge is -1.98. The zero-order chi connectivity index (χ0) is 10.8. The first-order valence-electron chi connectivity index (χ1n) is 4.58. The minimum absolute atomic E-state index is 0.677. The van der Waals surface area contributed by atoms with Crippen LogP contribution in [0.2, 0.25) is 0 Å². The molecule has 0 aliphatic heterocycles. The van der Waals surface area contributed by atoms with E-state index >= 15 is 0 Å². The molecule has 2 aromatic rings. The van der Waals surface area contributed by atoms with Gasteiger partial charge in [0.1, 0.15) is 10.8 Å². The van der Waals surface area contributed by atoms with E-state index in [9.17, 15) is 4.21 Å². The van der Waals surface area contributed by atoms with Gasteiger partial charge in [0.2, 0.25) is 0 Å². The molecule has 0 spiro atoms. The van der Waals surface area contributed by atoms with Gasteiger partial charge in [-0.1, -0.05) is 17.7 Å². The maximum atomic E-state index is 12.0. The van der Waals surface area contributed by atoms with Crippen molar-refractivity contribution in [3.63, 3.8) is 0 Å². The molecule has 0 aliphatic carbocycles. The molecule has 0 amide bonds. The highest BCUT2D eigenvalue weighted by Gasteiger charge is 2.10. The van der Waals surface area contributed by atoms with E-state index in [0.717, 1.165) is 9.77 Å². The number of thiazole rings is 1. The van der Waals surface area contributed by atoms with Crippen LogP contribution in [0.25, 0.3) is 0 Å². The molecule has 2 nitrogen and oxygen atoms in total. The third kappa shape index (κ3) is 2.33. The number of nitrogens with zero attached hydrogens (tertiary/aromatic N) is 1.